The van der Waals surface area contributed by atoms with Crippen LogP contribution in [0.1, 0.15) is 53.7 Å². The molecule has 2 fully saturated rings. The number of thiophene rings is 1. The van der Waals surface area contributed by atoms with Gasteiger partial charge in [-0.05, 0) is 73.4 Å². The van der Waals surface area contributed by atoms with Crippen LogP contribution in [0.5, 0.6) is 0 Å². The summed E-state index contributed by atoms with van der Waals surface area (Å²) >= 11 is 1.26. The van der Waals surface area contributed by atoms with Gasteiger partial charge in [0.15, 0.2) is 0 Å². The Morgan fingerprint density at radius 1 is 1.00 bits per heavy atom. The highest BCUT2D eigenvalue weighted by Gasteiger charge is 2.45. The fourth-order valence-electron chi connectivity index (χ4n) is 6.49. The number of carbonyl (C=O) groups is 3. The first-order valence-corrected chi connectivity index (χ1v) is 15.6. The van der Waals surface area contributed by atoms with Gasteiger partial charge in [-0.15, -0.1) is 11.3 Å². The van der Waals surface area contributed by atoms with Gasteiger partial charge in [0.1, 0.15) is 10.7 Å². The van der Waals surface area contributed by atoms with E-state index >= 15 is 0 Å². The van der Waals surface area contributed by atoms with E-state index in [1.807, 2.05) is 37.3 Å². The monoisotopic (exact) mass is 608 g/mol. The molecule has 0 radical (unpaired) electrons. The van der Waals surface area contributed by atoms with Crippen molar-refractivity contribution in [3.8, 4) is 11.1 Å². The Morgan fingerprint density at radius 2 is 1.75 bits per heavy atom. The Kier molecular flexibility index (Phi) is 7.18. The summed E-state index contributed by atoms with van der Waals surface area (Å²) in [6.07, 6.45) is 4.42. The summed E-state index contributed by atoms with van der Waals surface area (Å²) < 4.78 is 5.55. The number of nitrogens with one attached hydrogen (secondary N) is 1. The van der Waals surface area contributed by atoms with Gasteiger partial charge < -0.3 is 25.0 Å². The number of aromatic nitrogens is 1. The Morgan fingerprint density at radius 3 is 2.50 bits per heavy atom. The molecule has 9 nitrogen and oxygen atoms in total. The van der Waals surface area contributed by atoms with Gasteiger partial charge in [-0.25, -0.2) is 9.78 Å². The Hall–Kier alpha value is -4.54. The maximum atomic E-state index is 13.8. The number of pyridine rings is 1. The molecule has 2 N–H and O–H groups in total. The second-order valence-electron chi connectivity index (χ2n) is 11.9. The van der Waals surface area contributed by atoms with Crippen LogP contribution in [0, 0.1) is 12.3 Å². The zero-order valence-electron chi connectivity index (χ0n) is 24.3. The van der Waals surface area contributed by atoms with Crippen molar-refractivity contribution in [2.24, 2.45) is 5.41 Å². The maximum absolute atomic E-state index is 13.8. The number of benzene rings is 2. The third kappa shape index (κ3) is 5.14. The topological polar surface area (TPSA) is 112 Å². The maximum Gasteiger partial charge on any atom is 0.345 e. The summed E-state index contributed by atoms with van der Waals surface area (Å²) in [4.78, 5) is 48.7. The van der Waals surface area contributed by atoms with Crippen molar-refractivity contribution < 1.29 is 24.2 Å². The fraction of sp³-hybridized carbons (Fsp3) is 0.294. The average Bonchev–Trinajstić information content (AvgIpc) is 3.39. The molecule has 2 saturated heterocycles. The van der Waals surface area contributed by atoms with Crippen LogP contribution in [0.15, 0.2) is 66.9 Å². The van der Waals surface area contributed by atoms with Crippen LogP contribution < -0.4 is 15.1 Å². The van der Waals surface area contributed by atoms with E-state index < -0.39 is 5.97 Å². The lowest BCUT2D eigenvalue weighted by molar-refractivity contribution is -0.000512. The normalized spacial score (nSPS) is 16.8. The van der Waals surface area contributed by atoms with Crippen molar-refractivity contribution in [3.63, 3.8) is 0 Å². The van der Waals surface area contributed by atoms with Crippen molar-refractivity contribution in [3.05, 3.63) is 93.3 Å². The Bertz CT molecular complexity index is 1770. The second-order valence-corrected chi connectivity index (χ2v) is 13.0. The van der Waals surface area contributed by atoms with Crippen LogP contribution in [0.2, 0.25) is 0 Å². The highest BCUT2D eigenvalue weighted by Crippen LogP contribution is 2.43. The molecule has 1 spiro atoms. The lowest BCUT2D eigenvalue weighted by Crippen LogP contribution is -2.59. The fourth-order valence-corrected chi connectivity index (χ4v) is 7.50. The molecule has 10 heteroatoms. The molecule has 0 atom stereocenters. The number of carbonyl (C=O) groups excluding carboxylic acids is 2. The number of ether oxygens (including phenoxy) is 1. The minimum Gasteiger partial charge on any atom is -0.477 e. The minimum absolute atomic E-state index is 0.158. The number of hydrogen-bond acceptors (Lipinski definition) is 7. The van der Waals surface area contributed by atoms with Gasteiger partial charge in [-0.3, -0.25) is 9.59 Å². The summed E-state index contributed by atoms with van der Waals surface area (Å²) in [7, 11) is 0. The molecule has 0 aliphatic carbocycles. The number of para-hydroxylation sites is 1. The smallest absolute Gasteiger partial charge is 0.345 e. The molecular weight excluding hydrogens is 576 g/mol. The zero-order chi connectivity index (χ0) is 30.4. The average molecular weight is 609 g/mol. The predicted molar refractivity (Wildman–Crippen MR) is 170 cm³/mol. The number of anilines is 3. The van der Waals surface area contributed by atoms with Crippen LogP contribution in [-0.4, -0.2) is 60.7 Å². The van der Waals surface area contributed by atoms with Crippen molar-refractivity contribution in [2.45, 2.75) is 26.2 Å². The van der Waals surface area contributed by atoms with Crippen LogP contribution in [0.4, 0.5) is 17.2 Å². The zero-order valence-corrected chi connectivity index (χ0v) is 25.2. The Balaban J connectivity index is 1.08. The number of aromatic carboxylic acids is 1. The number of amides is 2. The lowest BCUT2D eigenvalue weighted by atomic mass is 9.73. The highest BCUT2D eigenvalue weighted by molar-refractivity contribution is 7.14. The predicted octanol–water partition coefficient (Wildman–Crippen LogP) is 5.89. The van der Waals surface area contributed by atoms with Gasteiger partial charge in [0, 0.05) is 72.6 Å². The molecule has 7 rings (SSSR count). The van der Waals surface area contributed by atoms with Gasteiger partial charge in [-0.1, -0.05) is 18.2 Å². The van der Waals surface area contributed by atoms with Gasteiger partial charge in [0.2, 0.25) is 0 Å². The molecule has 0 unspecified atom stereocenters. The summed E-state index contributed by atoms with van der Waals surface area (Å²) in [6, 6.07) is 18.1. The molecule has 4 aromatic rings. The number of aryl methyl sites for hydroxylation is 1. The van der Waals surface area contributed by atoms with Gasteiger partial charge in [0.25, 0.3) is 11.8 Å². The van der Waals surface area contributed by atoms with Gasteiger partial charge in [-0.2, -0.15) is 0 Å². The molecule has 0 bridgehead atoms. The summed E-state index contributed by atoms with van der Waals surface area (Å²) in [5, 5.41) is 12.5. The molecule has 2 aromatic carbocycles. The SMILES string of the molecule is Cc1cnc(N2CC3(CCOCC3)C2)c(C(=O)Nc2ccc(C(=O)N3CCc4sc(C(=O)O)cc4-c4ccccc43)cc2)c1. The van der Waals surface area contributed by atoms with Crippen molar-refractivity contribution >= 4 is 46.3 Å². The summed E-state index contributed by atoms with van der Waals surface area (Å²) in [6.45, 7) is 5.67. The number of carboxylic acids is 1. The molecule has 2 amide bonds. The highest BCUT2D eigenvalue weighted by atomic mass is 32.1. The second kappa shape index (κ2) is 11.2. The van der Waals surface area contributed by atoms with Crippen LogP contribution >= 0.6 is 11.3 Å². The quantitative estimate of drug-likeness (QED) is 0.291. The molecule has 5 heterocycles. The van der Waals surface area contributed by atoms with Crippen LogP contribution in [0.25, 0.3) is 11.1 Å². The van der Waals surface area contributed by atoms with Crippen LogP contribution in [0.3, 0.4) is 0 Å². The number of nitrogens with zero attached hydrogens (tertiary/aromatic N) is 3. The van der Waals surface area contributed by atoms with E-state index in [0.29, 0.717) is 40.5 Å². The van der Waals surface area contributed by atoms with Gasteiger partial charge >= 0.3 is 5.97 Å². The standard InChI is InChI=1S/C34H32N4O5S/c1-21-16-26(30(35-18-21)37-19-34(20-37)11-14-43-15-12-34)31(39)36-23-8-6-22(7-9-23)32(40)38-13-10-28-25(17-29(44-28)33(41)42)24-4-2-3-5-27(24)38/h2-9,16-18H,10-15,19-20H2,1H3,(H,36,39)(H,41,42). The molecule has 3 aliphatic heterocycles. The molecular formula is C34H32N4O5S. The van der Waals surface area contributed by atoms with Crippen LogP contribution in [-0.2, 0) is 11.2 Å². The van der Waals surface area contributed by atoms with Crippen molar-refractivity contribution in [2.75, 3.05) is 48.0 Å². The number of rotatable bonds is 5. The van der Waals surface area contributed by atoms with E-state index in [2.05, 4.69) is 15.2 Å². The number of fused-ring (bicyclic) bond motifs is 3. The first kappa shape index (κ1) is 28.2. The third-order valence-electron chi connectivity index (χ3n) is 8.86. The first-order valence-electron chi connectivity index (χ1n) is 14.8. The summed E-state index contributed by atoms with van der Waals surface area (Å²) in [5.41, 5.74) is 5.23. The first-order chi connectivity index (χ1) is 21.3. The Labute approximate surface area is 259 Å². The third-order valence-corrected chi connectivity index (χ3v) is 10.0. The van der Waals surface area contributed by atoms with Crippen molar-refractivity contribution in [1.29, 1.82) is 0 Å². The lowest BCUT2D eigenvalue weighted by Gasteiger charge is -2.53. The van der Waals surface area contributed by atoms with Crippen molar-refractivity contribution in [1.82, 2.24) is 4.98 Å². The molecule has 44 heavy (non-hydrogen) atoms. The molecule has 3 aliphatic rings. The molecule has 224 valence electrons. The minimum atomic E-state index is -0.945. The number of hydrogen-bond donors (Lipinski definition) is 2. The summed E-state index contributed by atoms with van der Waals surface area (Å²) in [5.74, 6) is -0.647. The van der Waals surface area contributed by atoms with E-state index in [4.69, 9.17) is 4.74 Å². The molecule has 2 aromatic heterocycles. The number of carboxylic acid groups (broad SMARTS) is 1. The largest absolute Gasteiger partial charge is 0.477 e. The van der Waals surface area contributed by atoms with E-state index in [-0.39, 0.29) is 17.2 Å². The van der Waals surface area contributed by atoms with Gasteiger partial charge in [0.05, 0.1) is 11.3 Å². The van der Waals surface area contributed by atoms with E-state index in [9.17, 15) is 19.5 Å². The van der Waals surface area contributed by atoms with E-state index in [0.717, 1.165) is 66.4 Å². The van der Waals surface area contributed by atoms with E-state index in [1.54, 1.807) is 41.4 Å². The van der Waals surface area contributed by atoms with E-state index in [1.165, 1.54) is 11.3 Å². The molecule has 0 saturated carbocycles.